The predicted octanol–water partition coefficient (Wildman–Crippen LogP) is 3.88. The molecule has 1 aromatic heterocycles. The molecule has 3 rings (SSSR count). The summed E-state index contributed by atoms with van der Waals surface area (Å²) in [5.74, 6) is -0.731. The number of ether oxygens (including phenoxy) is 1. The van der Waals surface area contributed by atoms with E-state index in [0.717, 1.165) is 36.1 Å². The highest BCUT2D eigenvalue weighted by atomic mass is 32.2. The molecule has 0 spiro atoms. The maximum absolute atomic E-state index is 12.8. The number of anilines is 2. The summed E-state index contributed by atoms with van der Waals surface area (Å²) in [4.78, 5) is 26.5. The van der Waals surface area contributed by atoms with E-state index in [9.17, 15) is 18.0 Å². The average molecular weight is 494 g/mol. The smallest absolute Gasteiger partial charge is 0.341 e. The molecule has 33 heavy (non-hydrogen) atoms. The molecule has 0 unspecified atom stereocenters. The number of nitrogens with zero attached hydrogens (tertiary/aromatic N) is 1. The molecule has 0 atom stereocenters. The van der Waals surface area contributed by atoms with Gasteiger partial charge in [-0.2, -0.15) is 4.31 Å². The Kier molecular flexibility index (Phi) is 8.50. The van der Waals surface area contributed by atoms with Crippen LogP contribution in [0.4, 0.5) is 10.7 Å². The van der Waals surface area contributed by atoms with Crippen molar-refractivity contribution in [2.75, 3.05) is 36.9 Å². The van der Waals surface area contributed by atoms with Crippen LogP contribution >= 0.6 is 11.3 Å². The number of carbonyl (C=O) groups is 2. The molecule has 1 aliphatic rings. The van der Waals surface area contributed by atoms with Crippen LogP contribution in [0.15, 0.2) is 29.2 Å². The summed E-state index contributed by atoms with van der Waals surface area (Å²) >= 11 is 1.43. The Morgan fingerprint density at radius 3 is 2.55 bits per heavy atom. The van der Waals surface area contributed by atoms with Crippen molar-refractivity contribution in [3.63, 3.8) is 0 Å². The van der Waals surface area contributed by atoms with Gasteiger partial charge in [-0.3, -0.25) is 4.79 Å². The summed E-state index contributed by atoms with van der Waals surface area (Å²) in [6.45, 7) is 6.30. The van der Waals surface area contributed by atoms with Crippen molar-refractivity contribution in [2.45, 2.75) is 51.3 Å². The third-order valence-electron chi connectivity index (χ3n) is 5.53. The van der Waals surface area contributed by atoms with E-state index < -0.39 is 16.0 Å². The monoisotopic (exact) mass is 493 g/mol. The van der Waals surface area contributed by atoms with Gasteiger partial charge in [0.1, 0.15) is 5.00 Å². The zero-order chi connectivity index (χ0) is 24.0. The molecule has 1 amide bonds. The van der Waals surface area contributed by atoms with Gasteiger partial charge in [0.25, 0.3) is 0 Å². The number of sulfonamides is 1. The van der Waals surface area contributed by atoms with Gasteiger partial charge >= 0.3 is 5.97 Å². The van der Waals surface area contributed by atoms with Gasteiger partial charge in [-0.05, 0) is 56.4 Å². The lowest BCUT2D eigenvalue weighted by Gasteiger charge is -2.19. The topological polar surface area (TPSA) is 105 Å². The Balaban J connectivity index is 1.72. The number of thiophene rings is 1. The van der Waals surface area contributed by atoms with Crippen LogP contribution in [-0.4, -0.2) is 50.8 Å². The highest BCUT2D eigenvalue weighted by molar-refractivity contribution is 7.89. The minimum atomic E-state index is -3.59. The standard InChI is InChI=1S/C23H31N3O5S2/c1-4-26(5-2)33(29,30)17-11-9-10-16(14-17)24-15-20(27)25-22-21(23(28)31-6-3)18-12-7-8-13-19(18)32-22/h9-11,14,24H,4-8,12-13,15H2,1-3H3,(H,25,27). The zero-order valence-corrected chi connectivity index (χ0v) is 20.9. The molecule has 0 aliphatic heterocycles. The van der Waals surface area contributed by atoms with Gasteiger partial charge in [0.05, 0.1) is 23.6 Å². The summed E-state index contributed by atoms with van der Waals surface area (Å²) < 4.78 is 32.1. The van der Waals surface area contributed by atoms with Gasteiger partial charge in [0.2, 0.25) is 15.9 Å². The Labute approximate surface area is 199 Å². The lowest BCUT2D eigenvalue weighted by Crippen LogP contribution is -2.30. The van der Waals surface area contributed by atoms with E-state index >= 15 is 0 Å². The van der Waals surface area contributed by atoms with E-state index in [-0.39, 0.29) is 24.0 Å². The lowest BCUT2D eigenvalue weighted by atomic mass is 9.95. The Morgan fingerprint density at radius 1 is 1.12 bits per heavy atom. The molecule has 1 aromatic carbocycles. The Hall–Kier alpha value is -2.43. The van der Waals surface area contributed by atoms with E-state index in [4.69, 9.17) is 4.74 Å². The number of aryl methyl sites for hydroxylation is 1. The molecule has 2 aromatic rings. The molecule has 2 N–H and O–H groups in total. The molecule has 1 heterocycles. The molecule has 0 saturated carbocycles. The van der Waals surface area contributed by atoms with E-state index in [0.29, 0.717) is 29.3 Å². The maximum atomic E-state index is 12.8. The van der Waals surface area contributed by atoms with E-state index in [1.807, 2.05) is 0 Å². The third-order valence-corrected chi connectivity index (χ3v) is 8.79. The molecule has 0 fully saturated rings. The Morgan fingerprint density at radius 2 is 1.85 bits per heavy atom. The minimum absolute atomic E-state index is 0.0698. The van der Waals surface area contributed by atoms with E-state index in [1.54, 1.807) is 39.0 Å². The summed E-state index contributed by atoms with van der Waals surface area (Å²) in [7, 11) is -3.59. The normalized spacial score (nSPS) is 13.5. The zero-order valence-electron chi connectivity index (χ0n) is 19.3. The fourth-order valence-corrected chi connectivity index (χ4v) is 6.70. The number of fused-ring (bicyclic) bond motifs is 1. The summed E-state index contributed by atoms with van der Waals surface area (Å²) in [5.41, 5.74) is 1.98. The van der Waals surface area contributed by atoms with Crippen LogP contribution in [0.2, 0.25) is 0 Å². The van der Waals surface area contributed by atoms with Crippen molar-refractivity contribution in [3.05, 3.63) is 40.3 Å². The molecule has 0 bridgehead atoms. The van der Waals surface area contributed by atoms with Crippen LogP contribution in [0.3, 0.4) is 0 Å². The SMILES string of the molecule is CCOC(=O)c1c(NC(=O)CNc2cccc(S(=O)(=O)N(CC)CC)c2)sc2c1CCCC2. The molecule has 1 aliphatic carbocycles. The lowest BCUT2D eigenvalue weighted by molar-refractivity contribution is -0.114. The number of hydrogen-bond acceptors (Lipinski definition) is 7. The Bertz CT molecular complexity index is 1110. The number of esters is 1. The van der Waals surface area contributed by atoms with Gasteiger partial charge in [0, 0.05) is 23.7 Å². The fourth-order valence-electron chi connectivity index (χ4n) is 3.91. The summed E-state index contributed by atoms with van der Waals surface area (Å²) in [6.07, 6.45) is 3.78. The fraction of sp³-hybridized carbons (Fsp3) is 0.478. The number of rotatable bonds is 10. The van der Waals surface area contributed by atoms with Crippen molar-refractivity contribution in [1.82, 2.24) is 4.31 Å². The van der Waals surface area contributed by atoms with Gasteiger partial charge in [-0.25, -0.2) is 13.2 Å². The highest BCUT2D eigenvalue weighted by Gasteiger charge is 2.27. The number of carbonyl (C=O) groups excluding carboxylic acids is 2. The second-order valence-corrected chi connectivity index (χ2v) is 10.7. The number of benzene rings is 1. The van der Waals surface area contributed by atoms with Gasteiger partial charge in [-0.1, -0.05) is 19.9 Å². The van der Waals surface area contributed by atoms with Crippen LogP contribution < -0.4 is 10.6 Å². The average Bonchev–Trinajstić information content (AvgIpc) is 3.16. The van der Waals surface area contributed by atoms with Gasteiger partial charge in [-0.15, -0.1) is 11.3 Å². The molecular formula is C23H31N3O5S2. The third kappa shape index (κ3) is 5.74. The molecule has 0 radical (unpaired) electrons. The largest absolute Gasteiger partial charge is 0.462 e. The molecule has 0 saturated heterocycles. The quantitative estimate of drug-likeness (QED) is 0.487. The number of hydrogen-bond donors (Lipinski definition) is 2. The van der Waals surface area contributed by atoms with Crippen molar-refractivity contribution in [2.24, 2.45) is 0 Å². The summed E-state index contributed by atoms with van der Waals surface area (Å²) in [5, 5.41) is 6.35. The van der Waals surface area contributed by atoms with Crippen LogP contribution in [0, 0.1) is 0 Å². The van der Waals surface area contributed by atoms with E-state index in [2.05, 4.69) is 10.6 Å². The first-order valence-corrected chi connectivity index (χ1v) is 13.5. The van der Waals surface area contributed by atoms with Gasteiger partial charge in [0.15, 0.2) is 0 Å². The van der Waals surface area contributed by atoms with Crippen LogP contribution in [-0.2, 0) is 32.4 Å². The summed E-state index contributed by atoms with van der Waals surface area (Å²) in [6, 6.07) is 6.42. The van der Waals surface area contributed by atoms with Gasteiger partial charge < -0.3 is 15.4 Å². The first-order valence-electron chi connectivity index (χ1n) is 11.3. The first kappa shape index (κ1) is 25.2. The molecule has 180 valence electrons. The highest BCUT2D eigenvalue weighted by Crippen LogP contribution is 2.38. The first-order chi connectivity index (χ1) is 15.8. The minimum Gasteiger partial charge on any atom is -0.462 e. The molecule has 10 heteroatoms. The maximum Gasteiger partial charge on any atom is 0.341 e. The molecule has 8 nitrogen and oxygen atoms in total. The van der Waals surface area contributed by atoms with Crippen LogP contribution in [0.1, 0.15) is 54.4 Å². The second-order valence-electron chi connectivity index (χ2n) is 7.65. The van der Waals surface area contributed by atoms with Crippen molar-refractivity contribution in [1.29, 1.82) is 0 Å². The van der Waals surface area contributed by atoms with Crippen molar-refractivity contribution >= 4 is 43.9 Å². The predicted molar refractivity (Wildman–Crippen MR) is 131 cm³/mol. The molecular weight excluding hydrogens is 462 g/mol. The van der Waals surface area contributed by atoms with Crippen molar-refractivity contribution < 1.29 is 22.7 Å². The second kappa shape index (κ2) is 11.1. The van der Waals surface area contributed by atoms with E-state index in [1.165, 1.54) is 21.7 Å². The van der Waals surface area contributed by atoms with Crippen LogP contribution in [0.5, 0.6) is 0 Å². The number of nitrogens with one attached hydrogen (secondary N) is 2. The van der Waals surface area contributed by atoms with Crippen molar-refractivity contribution in [3.8, 4) is 0 Å². The van der Waals surface area contributed by atoms with Crippen LogP contribution in [0.25, 0.3) is 0 Å². The number of amides is 1.